The van der Waals surface area contributed by atoms with Gasteiger partial charge in [0.05, 0.1) is 16.6 Å². The van der Waals surface area contributed by atoms with Crippen LogP contribution in [0.5, 0.6) is 11.5 Å². The molecule has 0 aliphatic rings. The van der Waals surface area contributed by atoms with E-state index >= 15 is 0 Å². The molecule has 0 radical (unpaired) electrons. The van der Waals surface area contributed by atoms with E-state index in [0.29, 0.717) is 33.8 Å². The smallest absolute Gasteiger partial charge is 0.335 e. The molecule has 172 valence electrons. The number of ether oxygens (including phenoxy) is 2. The van der Waals surface area contributed by atoms with E-state index in [1.807, 2.05) is 19.1 Å². The van der Waals surface area contributed by atoms with Crippen molar-refractivity contribution in [3.63, 3.8) is 0 Å². The van der Waals surface area contributed by atoms with E-state index in [9.17, 15) is 14.9 Å². The Balaban J connectivity index is 1.82. The van der Waals surface area contributed by atoms with Crippen LogP contribution < -0.4 is 14.8 Å². The first kappa shape index (κ1) is 24.6. The molecule has 3 rings (SSSR count). The lowest BCUT2D eigenvalue weighted by molar-refractivity contribution is -0.112. The molecule has 3 aromatic carbocycles. The fourth-order valence-electron chi connectivity index (χ4n) is 3.01. The zero-order valence-electron chi connectivity index (χ0n) is 18.2. The molecule has 0 aliphatic heterocycles. The van der Waals surface area contributed by atoms with Crippen LogP contribution in [0.2, 0.25) is 0 Å². The van der Waals surface area contributed by atoms with Gasteiger partial charge in [-0.15, -0.1) is 0 Å². The molecule has 0 unspecified atom stereocenters. The molecule has 8 heteroatoms. The highest BCUT2D eigenvalue weighted by molar-refractivity contribution is 9.10. The Morgan fingerprint density at radius 1 is 1.09 bits per heavy atom. The summed E-state index contributed by atoms with van der Waals surface area (Å²) in [5.41, 5.74) is 2.08. The predicted molar refractivity (Wildman–Crippen MR) is 132 cm³/mol. The van der Waals surface area contributed by atoms with Crippen LogP contribution in [-0.2, 0) is 11.4 Å². The first-order chi connectivity index (χ1) is 16.4. The summed E-state index contributed by atoms with van der Waals surface area (Å²) < 4.78 is 12.2. The Hall–Kier alpha value is -4.09. The van der Waals surface area contributed by atoms with Gasteiger partial charge in [0.25, 0.3) is 5.91 Å². The lowest BCUT2D eigenvalue weighted by Gasteiger charge is -2.15. The van der Waals surface area contributed by atoms with Crippen molar-refractivity contribution < 1.29 is 24.2 Å². The lowest BCUT2D eigenvalue weighted by atomic mass is 10.1. The molecule has 0 spiro atoms. The number of benzene rings is 3. The molecule has 2 N–H and O–H groups in total. The minimum Gasteiger partial charge on any atom is -0.490 e. The van der Waals surface area contributed by atoms with Crippen molar-refractivity contribution in [2.75, 3.05) is 11.9 Å². The number of nitrogens with zero attached hydrogens (tertiary/aromatic N) is 1. The average Bonchev–Trinajstić information content (AvgIpc) is 2.83. The van der Waals surface area contributed by atoms with E-state index in [-0.39, 0.29) is 17.7 Å². The van der Waals surface area contributed by atoms with Crippen molar-refractivity contribution in [2.24, 2.45) is 0 Å². The summed E-state index contributed by atoms with van der Waals surface area (Å²) in [6.45, 7) is 2.40. The molecular formula is C26H21BrN2O5. The summed E-state index contributed by atoms with van der Waals surface area (Å²) in [5.74, 6) is -0.626. The van der Waals surface area contributed by atoms with E-state index in [1.165, 1.54) is 18.2 Å². The van der Waals surface area contributed by atoms with Crippen LogP contribution in [0.25, 0.3) is 6.08 Å². The number of amides is 1. The molecule has 3 aromatic rings. The number of carbonyl (C=O) groups excluding carboxylic acids is 1. The van der Waals surface area contributed by atoms with Crippen molar-refractivity contribution in [1.82, 2.24) is 0 Å². The van der Waals surface area contributed by atoms with Crippen LogP contribution >= 0.6 is 15.9 Å². The molecular weight excluding hydrogens is 500 g/mol. The van der Waals surface area contributed by atoms with Gasteiger partial charge in [-0.05, 0) is 76.5 Å². The summed E-state index contributed by atoms with van der Waals surface area (Å²) >= 11 is 3.48. The number of carboxylic acids is 1. The highest BCUT2D eigenvalue weighted by Gasteiger charge is 2.15. The SMILES string of the molecule is CCOc1cc(/C=C(\C#N)C(=O)Nc2ccccc2)cc(Br)c1OCc1ccc(C(=O)O)cc1. The van der Waals surface area contributed by atoms with E-state index < -0.39 is 11.9 Å². The Labute approximate surface area is 205 Å². The second-order valence-corrected chi connectivity index (χ2v) is 7.90. The van der Waals surface area contributed by atoms with Gasteiger partial charge in [0.1, 0.15) is 18.2 Å². The van der Waals surface area contributed by atoms with Crippen LogP contribution in [0.4, 0.5) is 5.69 Å². The lowest BCUT2D eigenvalue weighted by Crippen LogP contribution is -2.13. The number of nitrogens with one attached hydrogen (secondary N) is 1. The number of carboxylic acid groups (broad SMARTS) is 1. The molecule has 0 aromatic heterocycles. The second-order valence-electron chi connectivity index (χ2n) is 7.04. The fraction of sp³-hybridized carbons (Fsp3) is 0.115. The first-order valence-corrected chi connectivity index (χ1v) is 11.1. The number of para-hydroxylation sites is 1. The number of halogens is 1. The zero-order chi connectivity index (χ0) is 24.5. The topological polar surface area (TPSA) is 109 Å². The maximum Gasteiger partial charge on any atom is 0.335 e. The summed E-state index contributed by atoms with van der Waals surface area (Å²) in [5, 5.41) is 21.2. The monoisotopic (exact) mass is 520 g/mol. The van der Waals surface area contributed by atoms with Gasteiger partial charge in [-0.25, -0.2) is 4.79 Å². The summed E-state index contributed by atoms with van der Waals surface area (Å²) in [4.78, 5) is 23.5. The molecule has 0 fully saturated rings. The molecule has 0 bridgehead atoms. The zero-order valence-corrected chi connectivity index (χ0v) is 19.8. The minimum absolute atomic E-state index is 0.0645. The standard InChI is InChI=1S/C26H21BrN2O5/c1-2-33-23-14-18(12-20(15-28)25(30)29-21-6-4-3-5-7-21)13-22(27)24(23)34-16-17-8-10-19(11-9-17)26(31)32/h3-14H,2,16H2,1H3,(H,29,30)(H,31,32)/b20-12+. The van der Waals surface area contributed by atoms with Crippen LogP contribution in [0.1, 0.15) is 28.4 Å². The Morgan fingerprint density at radius 2 is 1.79 bits per heavy atom. The number of nitriles is 1. The molecule has 7 nitrogen and oxygen atoms in total. The maximum atomic E-state index is 12.5. The summed E-state index contributed by atoms with van der Waals surface area (Å²) in [6.07, 6.45) is 1.47. The summed E-state index contributed by atoms with van der Waals surface area (Å²) in [7, 11) is 0. The van der Waals surface area contributed by atoms with Gasteiger partial charge in [0.15, 0.2) is 11.5 Å². The van der Waals surface area contributed by atoms with Crippen molar-refractivity contribution in [1.29, 1.82) is 5.26 Å². The molecule has 34 heavy (non-hydrogen) atoms. The predicted octanol–water partition coefficient (Wildman–Crippen LogP) is 5.67. The van der Waals surface area contributed by atoms with Crippen LogP contribution in [-0.4, -0.2) is 23.6 Å². The van der Waals surface area contributed by atoms with Crippen molar-refractivity contribution >= 4 is 39.6 Å². The number of rotatable bonds is 9. The average molecular weight is 521 g/mol. The largest absolute Gasteiger partial charge is 0.490 e. The van der Waals surface area contributed by atoms with Gasteiger partial charge in [-0.3, -0.25) is 4.79 Å². The van der Waals surface area contributed by atoms with Gasteiger partial charge in [0.2, 0.25) is 0 Å². The fourth-order valence-corrected chi connectivity index (χ4v) is 3.58. The van der Waals surface area contributed by atoms with Crippen molar-refractivity contribution in [3.8, 4) is 17.6 Å². The molecule has 0 aliphatic carbocycles. The number of anilines is 1. The molecule has 0 atom stereocenters. The molecule has 0 heterocycles. The molecule has 0 saturated carbocycles. The van der Waals surface area contributed by atoms with E-state index in [4.69, 9.17) is 14.6 Å². The normalized spacial score (nSPS) is 10.8. The summed E-state index contributed by atoms with van der Waals surface area (Å²) in [6, 6.07) is 20.6. The third kappa shape index (κ3) is 6.47. The minimum atomic E-state index is -0.994. The van der Waals surface area contributed by atoms with E-state index in [0.717, 1.165) is 5.56 Å². The molecule has 1 amide bonds. The van der Waals surface area contributed by atoms with Gasteiger partial charge >= 0.3 is 5.97 Å². The first-order valence-electron chi connectivity index (χ1n) is 10.3. The van der Waals surface area contributed by atoms with Crippen LogP contribution in [0, 0.1) is 11.3 Å². The van der Waals surface area contributed by atoms with Gasteiger partial charge in [-0.2, -0.15) is 5.26 Å². The number of hydrogen-bond donors (Lipinski definition) is 2. The van der Waals surface area contributed by atoms with Gasteiger partial charge < -0.3 is 19.9 Å². The third-order valence-corrected chi connectivity index (χ3v) is 5.21. The number of hydrogen-bond acceptors (Lipinski definition) is 5. The Kier molecular flexibility index (Phi) is 8.43. The maximum absolute atomic E-state index is 12.5. The second kappa shape index (κ2) is 11.7. The van der Waals surface area contributed by atoms with E-state index in [2.05, 4.69) is 21.2 Å². The van der Waals surface area contributed by atoms with Crippen molar-refractivity contribution in [2.45, 2.75) is 13.5 Å². The van der Waals surface area contributed by atoms with Crippen LogP contribution in [0.15, 0.2) is 76.8 Å². The molecule has 0 saturated heterocycles. The highest BCUT2D eigenvalue weighted by atomic mass is 79.9. The number of carbonyl (C=O) groups is 2. The van der Waals surface area contributed by atoms with E-state index in [1.54, 1.807) is 48.5 Å². The van der Waals surface area contributed by atoms with Gasteiger partial charge in [0, 0.05) is 5.69 Å². The number of aromatic carboxylic acids is 1. The highest BCUT2D eigenvalue weighted by Crippen LogP contribution is 2.38. The van der Waals surface area contributed by atoms with Crippen molar-refractivity contribution in [3.05, 3.63) is 93.5 Å². The van der Waals surface area contributed by atoms with Crippen LogP contribution in [0.3, 0.4) is 0 Å². The van der Waals surface area contributed by atoms with Gasteiger partial charge in [-0.1, -0.05) is 30.3 Å². The Morgan fingerprint density at radius 3 is 2.41 bits per heavy atom. The Bertz CT molecular complexity index is 1250. The third-order valence-electron chi connectivity index (χ3n) is 4.62. The quantitative estimate of drug-likeness (QED) is 0.278.